The normalized spacial score (nSPS) is 10.0. The third kappa shape index (κ3) is 6.84. The number of nitrogens with one attached hydrogen (secondary N) is 1. The van der Waals surface area contributed by atoms with Crippen molar-refractivity contribution in [1.82, 2.24) is 5.32 Å². The van der Waals surface area contributed by atoms with Gasteiger partial charge in [0.05, 0.1) is 0 Å². The van der Waals surface area contributed by atoms with Crippen molar-refractivity contribution in [1.29, 1.82) is 0 Å². The highest BCUT2D eigenvalue weighted by atomic mass is 16.1. The lowest BCUT2D eigenvalue weighted by atomic mass is 10.3. The number of hydrogen-bond acceptors (Lipinski definition) is 1. The topological polar surface area (TPSA) is 29.1 Å². The molecule has 0 aliphatic rings. The number of amides is 1. The molecule has 0 aromatic rings. The van der Waals surface area contributed by atoms with Gasteiger partial charge in [-0.05, 0) is 19.4 Å². The summed E-state index contributed by atoms with van der Waals surface area (Å²) in [5, 5.41) is 2.69. The van der Waals surface area contributed by atoms with Gasteiger partial charge in [0.25, 0.3) is 0 Å². The van der Waals surface area contributed by atoms with E-state index in [4.69, 9.17) is 0 Å². The molecular formula is C9H15NO. The van der Waals surface area contributed by atoms with Gasteiger partial charge in [-0.3, -0.25) is 4.79 Å². The van der Waals surface area contributed by atoms with Crippen LogP contribution in [0.4, 0.5) is 0 Å². The standard InChI is InChI=1S/C9H15NO/c1-4-5-6-9(11)10-7-8(2)3/h5-6H,2,4,7H2,1,3H3,(H,10,11). The van der Waals surface area contributed by atoms with Crippen molar-refractivity contribution in [3.05, 3.63) is 24.3 Å². The maximum atomic E-state index is 10.9. The Morgan fingerprint density at radius 3 is 2.73 bits per heavy atom. The first-order valence-corrected chi connectivity index (χ1v) is 3.75. The fraction of sp³-hybridized carbons (Fsp3) is 0.444. The van der Waals surface area contributed by atoms with E-state index in [1.165, 1.54) is 0 Å². The van der Waals surface area contributed by atoms with Crippen molar-refractivity contribution < 1.29 is 4.79 Å². The van der Waals surface area contributed by atoms with E-state index in [1.54, 1.807) is 6.08 Å². The average Bonchev–Trinajstić information content (AvgIpc) is 1.97. The smallest absolute Gasteiger partial charge is 0.243 e. The van der Waals surface area contributed by atoms with Gasteiger partial charge < -0.3 is 5.32 Å². The maximum Gasteiger partial charge on any atom is 0.243 e. The van der Waals surface area contributed by atoms with Crippen LogP contribution in [0.15, 0.2) is 24.3 Å². The SMILES string of the molecule is C=C(C)CNC(=O)C=CCC. The van der Waals surface area contributed by atoms with Crippen LogP contribution < -0.4 is 5.32 Å². The summed E-state index contributed by atoms with van der Waals surface area (Å²) in [6.45, 7) is 8.10. The van der Waals surface area contributed by atoms with E-state index in [-0.39, 0.29) is 5.91 Å². The molecule has 0 unspecified atom stereocenters. The van der Waals surface area contributed by atoms with Crippen LogP contribution in [0.25, 0.3) is 0 Å². The van der Waals surface area contributed by atoms with Gasteiger partial charge in [0, 0.05) is 6.54 Å². The largest absolute Gasteiger partial charge is 0.349 e. The minimum Gasteiger partial charge on any atom is -0.349 e. The number of hydrogen-bond donors (Lipinski definition) is 1. The van der Waals surface area contributed by atoms with Gasteiger partial charge in [0.15, 0.2) is 0 Å². The molecule has 0 fully saturated rings. The summed E-state index contributed by atoms with van der Waals surface area (Å²) in [5.74, 6) is -0.0464. The molecule has 2 nitrogen and oxygen atoms in total. The first-order chi connectivity index (χ1) is 5.16. The molecule has 11 heavy (non-hydrogen) atoms. The van der Waals surface area contributed by atoms with Crippen molar-refractivity contribution in [3.63, 3.8) is 0 Å². The number of rotatable bonds is 4. The number of carbonyl (C=O) groups is 1. The lowest BCUT2D eigenvalue weighted by Gasteiger charge is -1.98. The predicted octanol–water partition coefficient (Wildman–Crippen LogP) is 1.64. The highest BCUT2D eigenvalue weighted by molar-refractivity contribution is 5.87. The van der Waals surface area contributed by atoms with Crippen LogP contribution in [0.5, 0.6) is 0 Å². The van der Waals surface area contributed by atoms with E-state index in [9.17, 15) is 4.79 Å². The van der Waals surface area contributed by atoms with Gasteiger partial charge >= 0.3 is 0 Å². The van der Waals surface area contributed by atoms with Crippen molar-refractivity contribution in [2.45, 2.75) is 20.3 Å². The Hall–Kier alpha value is -1.05. The van der Waals surface area contributed by atoms with Gasteiger partial charge in [0.1, 0.15) is 0 Å². The van der Waals surface area contributed by atoms with E-state index in [1.807, 2.05) is 19.9 Å². The zero-order valence-electron chi connectivity index (χ0n) is 7.18. The van der Waals surface area contributed by atoms with E-state index < -0.39 is 0 Å². The molecule has 0 spiro atoms. The molecule has 2 heteroatoms. The summed E-state index contributed by atoms with van der Waals surface area (Å²) < 4.78 is 0. The van der Waals surface area contributed by atoms with Crippen LogP contribution in [0.1, 0.15) is 20.3 Å². The van der Waals surface area contributed by atoms with Crippen molar-refractivity contribution in [2.24, 2.45) is 0 Å². The summed E-state index contributed by atoms with van der Waals surface area (Å²) in [7, 11) is 0. The molecule has 62 valence electrons. The third-order valence-electron chi connectivity index (χ3n) is 1.07. The predicted molar refractivity (Wildman–Crippen MR) is 47.3 cm³/mol. The zero-order chi connectivity index (χ0) is 8.69. The van der Waals surface area contributed by atoms with E-state index in [0.29, 0.717) is 6.54 Å². The fourth-order valence-corrected chi connectivity index (χ4v) is 0.522. The Balaban J connectivity index is 3.53. The second-order valence-corrected chi connectivity index (χ2v) is 2.49. The quantitative estimate of drug-likeness (QED) is 0.483. The first-order valence-electron chi connectivity index (χ1n) is 3.75. The minimum atomic E-state index is -0.0464. The second kappa shape index (κ2) is 5.71. The van der Waals surface area contributed by atoms with Gasteiger partial charge in [-0.25, -0.2) is 0 Å². The Labute approximate surface area is 68.0 Å². The van der Waals surface area contributed by atoms with Crippen LogP contribution in [0, 0.1) is 0 Å². The summed E-state index contributed by atoms with van der Waals surface area (Å²) in [5.41, 5.74) is 0.961. The lowest BCUT2D eigenvalue weighted by molar-refractivity contribution is -0.116. The van der Waals surface area contributed by atoms with Crippen LogP contribution in [-0.2, 0) is 4.79 Å². The van der Waals surface area contributed by atoms with Crippen LogP contribution in [0.2, 0.25) is 0 Å². The maximum absolute atomic E-state index is 10.9. The van der Waals surface area contributed by atoms with Gasteiger partial charge in [0.2, 0.25) is 5.91 Å². The summed E-state index contributed by atoms with van der Waals surface area (Å²) in [6.07, 6.45) is 4.26. The molecule has 0 saturated carbocycles. The Morgan fingerprint density at radius 2 is 2.27 bits per heavy atom. The van der Waals surface area contributed by atoms with Crippen LogP contribution >= 0.6 is 0 Å². The van der Waals surface area contributed by atoms with E-state index >= 15 is 0 Å². The lowest BCUT2D eigenvalue weighted by Crippen LogP contribution is -2.22. The first kappa shape index (κ1) is 9.95. The number of carbonyl (C=O) groups excluding carboxylic acids is 1. The summed E-state index contributed by atoms with van der Waals surface area (Å²) in [4.78, 5) is 10.9. The molecule has 0 bridgehead atoms. The highest BCUT2D eigenvalue weighted by Crippen LogP contribution is 1.83. The highest BCUT2D eigenvalue weighted by Gasteiger charge is 1.91. The Bertz CT molecular complexity index is 170. The molecule has 0 aromatic heterocycles. The van der Waals surface area contributed by atoms with E-state index in [0.717, 1.165) is 12.0 Å². The zero-order valence-corrected chi connectivity index (χ0v) is 7.18. The molecule has 1 amide bonds. The van der Waals surface area contributed by atoms with Gasteiger partial charge in [-0.15, -0.1) is 0 Å². The molecule has 0 radical (unpaired) electrons. The molecule has 0 aliphatic heterocycles. The molecule has 0 saturated heterocycles. The minimum absolute atomic E-state index is 0.0464. The summed E-state index contributed by atoms with van der Waals surface area (Å²) >= 11 is 0. The molecule has 1 N–H and O–H groups in total. The second-order valence-electron chi connectivity index (χ2n) is 2.49. The van der Waals surface area contributed by atoms with Crippen molar-refractivity contribution >= 4 is 5.91 Å². The molecule has 0 aromatic carbocycles. The Morgan fingerprint density at radius 1 is 1.64 bits per heavy atom. The van der Waals surface area contributed by atoms with Gasteiger partial charge in [-0.1, -0.05) is 25.2 Å². The van der Waals surface area contributed by atoms with E-state index in [2.05, 4.69) is 11.9 Å². The Kier molecular flexibility index (Phi) is 5.17. The van der Waals surface area contributed by atoms with Crippen molar-refractivity contribution in [2.75, 3.05) is 6.54 Å². The monoisotopic (exact) mass is 153 g/mol. The fourth-order valence-electron chi connectivity index (χ4n) is 0.522. The van der Waals surface area contributed by atoms with Gasteiger partial charge in [-0.2, -0.15) is 0 Å². The van der Waals surface area contributed by atoms with Crippen LogP contribution in [-0.4, -0.2) is 12.5 Å². The van der Waals surface area contributed by atoms with Crippen molar-refractivity contribution in [3.8, 4) is 0 Å². The number of allylic oxidation sites excluding steroid dienone is 1. The molecule has 0 atom stereocenters. The molecule has 0 heterocycles. The molecule has 0 rings (SSSR count). The average molecular weight is 153 g/mol. The summed E-state index contributed by atoms with van der Waals surface area (Å²) in [6, 6.07) is 0. The molecular weight excluding hydrogens is 138 g/mol. The molecule has 0 aliphatic carbocycles. The van der Waals surface area contributed by atoms with Crippen LogP contribution in [0.3, 0.4) is 0 Å². The third-order valence-corrected chi connectivity index (χ3v) is 1.07.